The van der Waals surface area contributed by atoms with Crippen LogP contribution in [0, 0.1) is 18.7 Å². The summed E-state index contributed by atoms with van der Waals surface area (Å²) in [5, 5.41) is 2.89. The number of nitrogens with one attached hydrogen (secondary N) is 2. The third kappa shape index (κ3) is 4.54. The highest BCUT2D eigenvalue weighted by molar-refractivity contribution is 7.89. The third-order valence-electron chi connectivity index (χ3n) is 3.04. The van der Waals surface area contributed by atoms with Crippen molar-refractivity contribution in [1.82, 2.24) is 10.0 Å². The lowest BCUT2D eigenvalue weighted by Crippen LogP contribution is -2.27. The van der Waals surface area contributed by atoms with Gasteiger partial charge in [-0.1, -0.05) is 13.8 Å². The molecule has 0 atom stereocenters. The average molecular weight is 302 g/mol. The van der Waals surface area contributed by atoms with Crippen LogP contribution in [0.3, 0.4) is 0 Å². The summed E-state index contributed by atoms with van der Waals surface area (Å²) in [6.45, 7) is 6.30. The molecule has 0 unspecified atom stereocenters. The maximum atomic E-state index is 13.8. The van der Waals surface area contributed by atoms with Crippen molar-refractivity contribution >= 4 is 10.0 Å². The summed E-state index contributed by atoms with van der Waals surface area (Å²) in [6.07, 6.45) is 0.747. The van der Waals surface area contributed by atoms with Crippen molar-refractivity contribution in [3.63, 3.8) is 0 Å². The fraction of sp³-hybridized carbons (Fsp3) is 0.571. The van der Waals surface area contributed by atoms with Gasteiger partial charge in [0.1, 0.15) is 5.82 Å². The molecule has 4 nitrogen and oxygen atoms in total. The highest BCUT2D eigenvalue weighted by atomic mass is 32.2. The number of halogens is 1. The molecule has 1 rings (SSSR count). The first-order valence-corrected chi connectivity index (χ1v) is 8.19. The lowest BCUT2D eigenvalue weighted by atomic mass is 10.1. The zero-order valence-corrected chi connectivity index (χ0v) is 13.3. The Bertz CT molecular complexity index is 557. The van der Waals surface area contributed by atoms with Crippen LogP contribution in [0.25, 0.3) is 0 Å². The van der Waals surface area contributed by atoms with Gasteiger partial charge in [0.25, 0.3) is 0 Å². The summed E-state index contributed by atoms with van der Waals surface area (Å²) in [6, 6.07) is 2.88. The Hall–Kier alpha value is -0.980. The Morgan fingerprint density at radius 3 is 2.50 bits per heavy atom. The number of rotatable bonds is 7. The molecule has 0 amide bonds. The van der Waals surface area contributed by atoms with Gasteiger partial charge in [-0.2, -0.15) is 0 Å². The normalized spacial score (nSPS) is 12.1. The lowest BCUT2D eigenvalue weighted by molar-refractivity contribution is 0.548. The van der Waals surface area contributed by atoms with Crippen molar-refractivity contribution in [1.29, 1.82) is 0 Å². The third-order valence-corrected chi connectivity index (χ3v) is 4.63. The molecule has 0 saturated heterocycles. The topological polar surface area (TPSA) is 58.2 Å². The highest BCUT2D eigenvalue weighted by Crippen LogP contribution is 2.20. The Morgan fingerprint density at radius 2 is 1.95 bits per heavy atom. The molecule has 6 heteroatoms. The number of hydrogen-bond acceptors (Lipinski definition) is 3. The molecule has 0 aromatic heterocycles. The van der Waals surface area contributed by atoms with Crippen molar-refractivity contribution in [2.45, 2.75) is 38.6 Å². The van der Waals surface area contributed by atoms with Gasteiger partial charge in [0.05, 0.1) is 4.90 Å². The van der Waals surface area contributed by atoms with E-state index in [-0.39, 0.29) is 10.5 Å². The molecular formula is C14H23FN2O2S. The van der Waals surface area contributed by atoms with Crippen molar-refractivity contribution in [3.8, 4) is 0 Å². The van der Waals surface area contributed by atoms with E-state index in [1.807, 2.05) is 13.8 Å². The largest absolute Gasteiger partial charge is 0.316 e. The summed E-state index contributed by atoms with van der Waals surface area (Å²) in [5.41, 5.74) is 0.765. The van der Waals surface area contributed by atoms with E-state index in [0.29, 0.717) is 24.6 Å². The minimum Gasteiger partial charge on any atom is -0.316 e. The second kappa shape index (κ2) is 7.15. The zero-order valence-electron chi connectivity index (χ0n) is 12.5. The maximum Gasteiger partial charge on any atom is 0.240 e. The monoisotopic (exact) mass is 302 g/mol. The van der Waals surface area contributed by atoms with Crippen LogP contribution >= 0.6 is 0 Å². The molecule has 0 bridgehead atoms. The summed E-state index contributed by atoms with van der Waals surface area (Å²) >= 11 is 0. The predicted molar refractivity (Wildman–Crippen MR) is 78.5 cm³/mol. The van der Waals surface area contributed by atoms with Crippen LogP contribution in [0.4, 0.5) is 4.39 Å². The predicted octanol–water partition coefficient (Wildman–Crippen LogP) is 2.18. The van der Waals surface area contributed by atoms with E-state index >= 15 is 0 Å². The lowest BCUT2D eigenvalue weighted by Gasteiger charge is -2.13. The molecule has 0 aliphatic carbocycles. The first-order chi connectivity index (χ1) is 9.27. The molecule has 0 aliphatic heterocycles. The number of benzene rings is 1. The van der Waals surface area contributed by atoms with Gasteiger partial charge >= 0.3 is 0 Å². The van der Waals surface area contributed by atoms with Crippen LogP contribution < -0.4 is 10.0 Å². The Morgan fingerprint density at radius 1 is 1.30 bits per heavy atom. The van der Waals surface area contributed by atoms with E-state index < -0.39 is 15.8 Å². The molecule has 0 fully saturated rings. The van der Waals surface area contributed by atoms with E-state index in [2.05, 4.69) is 10.0 Å². The second-order valence-electron chi connectivity index (χ2n) is 5.31. The molecule has 1 aromatic carbocycles. The molecular weight excluding hydrogens is 279 g/mol. The van der Waals surface area contributed by atoms with Gasteiger partial charge in [-0.25, -0.2) is 17.5 Å². The minimum atomic E-state index is -3.67. The van der Waals surface area contributed by atoms with Gasteiger partial charge in [-0.05, 0) is 44.0 Å². The van der Waals surface area contributed by atoms with Crippen LogP contribution in [0.15, 0.2) is 17.0 Å². The van der Waals surface area contributed by atoms with Crippen molar-refractivity contribution in [2.75, 3.05) is 13.6 Å². The van der Waals surface area contributed by atoms with Gasteiger partial charge in [0.2, 0.25) is 10.0 Å². The van der Waals surface area contributed by atoms with Crippen molar-refractivity contribution in [3.05, 3.63) is 29.1 Å². The van der Waals surface area contributed by atoms with E-state index in [0.717, 1.165) is 6.42 Å². The fourth-order valence-electron chi connectivity index (χ4n) is 1.85. The maximum absolute atomic E-state index is 13.8. The van der Waals surface area contributed by atoms with Crippen LogP contribution in [0.5, 0.6) is 0 Å². The first-order valence-electron chi connectivity index (χ1n) is 6.71. The summed E-state index contributed by atoms with van der Waals surface area (Å²) in [5.74, 6) is -0.0897. The molecule has 0 spiro atoms. The summed E-state index contributed by atoms with van der Waals surface area (Å²) in [7, 11) is -1.94. The van der Waals surface area contributed by atoms with Crippen LogP contribution in [0.1, 0.15) is 31.4 Å². The van der Waals surface area contributed by atoms with E-state index in [1.165, 1.54) is 19.1 Å². The molecule has 0 radical (unpaired) electrons. The zero-order chi connectivity index (χ0) is 15.3. The quantitative estimate of drug-likeness (QED) is 0.811. The van der Waals surface area contributed by atoms with Gasteiger partial charge < -0.3 is 5.32 Å². The Labute approximate surface area is 120 Å². The van der Waals surface area contributed by atoms with E-state index in [1.54, 1.807) is 7.05 Å². The smallest absolute Gasteiger partial charge is 0.240 e. The van der Waals surface area contributed by atoms with Crippen LogP contribution in [0.2, 0.25) is 0 Å². The molecule has 2 N–H and O–H groups in total. The molecule has 0 aliphatic rings. The molecule has 0 saturated carbocycles. The molecule has 1 aromatic rings. The number of hydrogen-bond donors (Lipinski definition) is 2. The van der Waals surface area contributed by atoms with Gasteiger partial charge in [0.15, 0.2) is 0 Å². The van der Waals surface area contributed by atoms with Crippen molar-refractivity contribution in [2.24, 2.45) is 5.92 Å². The van der Waals surface area contributed by atoms with Crippen molar-refractivity contribution < 1.29 is 12.8 Å². The standard InChI is InChI=1S/C14H23FN2O2S/c1-10(2)5-6-17-20(18,19)14-8-12(9-16-4)7-13(15)11(14)3/h7-8,10,16-17H,5-6,9H2,1-4H3. The average Bonchev–Trinajstić information content (AvgIpc) is 2.33. The summed E-state index contributed by atoms with van der Waals surface area (Å²) < 4.78 is 40.8. The molecule has 20 heavy (non-hydrogen) atoms. The Kier molecular flexibility index (Phi) is 6.10. The molecule has 114 valence electrons. The first kappa shape index (κ1) is 17.1. The minimum absolute atomic E-state index is 0.0199. The van der Waals surface area contributed by atoms with Gasteiger partial charge in [0, 0.05) is 18.7 Å². The fourth-order valence-corrected chi connectivity index (χ4v) is 3.20. The second-order valence-corrected chi connectivity index (χ2v) is 7.05. The Balaban J connectivity index is 3.04. The summed E-state index contributed by atoms with van der Waals surface area (Å²) in [4.78, 5) is 0.0199. The number of sulfonamides is 1. The highest BCUT2D eigenvalue weighted by Gasteiger charge is 2.19. The van der Waals surface area contributed by atoms with E-state index in [4.69, 9.17) is 0 Å². The van der Waals surface area contributed by atoms with Crippen LogP contribution in [-0.4, -0.2) is 22.0 Å². The SMILES string of the molecule is CNCc1cc(F)c(C)c(S(=O)(=O)NCCC(C)C)c1. The van der Waals surface area contributed by atoms with Crippen LogP contribution in [-0.2, 0) is 16.6 Å². The van der Waals surface area contributed by atoms with Gasteiger partial charge in [-0.15, -0.1) is 0 Å². The van der Waals surface area contributed by atoms with E-state index in [9.17, 15) is 12.8 Å². The molecule has 0 heterocycles. The van der Waals surface area contributed by atoms with Gasteiger partial charge in [-0.3, -0.25) is 0 Å².